The number of aromatic carboxylic acids is 1. The number of benzene rings is 3. The van der Waals surface area contributed by atoms with Gasteiger partial charge >= 0.3 is 12.1 Å². The topological polar surface area (TPSA) is 66.8 Å². The molecule has 1 unspecified atom stereocenters. The Balaban J connectivity index is 1.37. The summed E-state index contributed by atoms with van der Waals surface area (Å²) in [7, 11) is 0. The molecule has 5 rings (SSSR count). The zero-order valence-electron chi connectivity index (χ0n) is 17.5. The summed E-state index contributed by atoms with van der Waals surface area (Å²) < 4.78 is 5.81. The highest BCUT2D eigenvalue weighted by molar-refractivity contribution is 6.31. The Morgan fingerprint density at radius 2 is 1.66 bits per heavy atom. The Bertz CT molecular complexity index is 1190. The lowest BCUT2D eigenvalue weighted by molar-refractivity contribution is 0.0693. The van der Waals surface area contributed by atoms with Gasteiger partial charge in [-0.05, 0) is 58.9 Å². The van der Waals surface area contributed by atoms with E-state index in [1.165, 1.54) is 17.2 Å². The molecule has 6 heteroatoms. The van der Waals surface area contributed by atoms with Gasteiger partial charge in [0.1, 0.15) is 6.61 Å². The summed E-state index contributed by atoms with van der Waals surface area (Å²) in [5, 5.41) is 9.98. The first kappa shape index (κ1) is 20.6. The molecule has 3 aromatic rings. The molecule has 1 atom stereocenters. The molecule has 2 aliphatic rings. The molecule has 162 valence electrons. The van der Waals surface area contributed by atoms with Crippen molar-refractivity contribution in [1.82, 2.24) is 4.90 Å². The van der Waals surface area contributed by atoms with E-state index in [1.54, 1.807) is 11.0 Å². The van der Waals surface area contributed by atoms with Gasteiger partial charge in [0.2, 0.25) is 0 Å². The molecule has 0 bridgehead atoms. The minimum atomic E-state index is -0.986. The summed E-state index contributed by atoms with van der Waals surface area (Å²) in [6.45, 7) is 2.48. The van der Waals surface area contributed by atoms with E-state index in [1.807, 2.05) is 31.2 Å². The predicted molar refractivity (Wildman–Crippen MR) is 122 cm³/mol. The van der Waals surface area contributed by atoms with Crippen molar-refractivity contribution in [3.8, 4) is 11.1 Å². The second-order valence-corrected chi connectivity index (χ2v) is 8.62. The summed E-state index contributed by atoms with van der Waals surface area (Å²) in [6, 6.07) is 19.2. The normalized spacial score (nSPS) is 16.8. The van der Waals surface area contributed by atoms with Crippen LogP contribution in [-0.2, 0) is 11.2 Å². The monoisotopic (exact) mass is 447 g/mol. The predicted octanol–water partition coefficient (Wildman–Crippen LogP) is 5.91. The first-order valence-electron chi connectivity index (χ1n) is 10.6. The van der Waals surface area contributed by atoms with Crippen LogP contribution >= 0.6 is 11.6 Å². The van der Waals surface area contributed by atoms with Crippen LogP contribution in [0.5, 0.6) is 0 Å². The van der Waals surface area contributed by atoms with E-state index < -0.39 is 12.1 Å². The minimum absolute atomic E-state index is 0.0130. The Hall–Kier alpha value is -3.31. The standard InChI is InChI=1S/C26H22ClNO4/c1-15-24-20(21(25(29)30)10-11-23(24)27)12-13-28(15)26(31)32-14-22-18-8-4-2-6-16(18)17-7-3-5-9-19(17)22/h2-11,15,22H,12-14H2,1H3,(H,29,30). The fourth-order valence-electron chi connectivity index (χ4n) is 5.07. The third-order valence-electron chi connectivity index (χ3n) is 6.59. The van der Waals surface area contributed by atoms with E-state index in [0.717, 1.165) is 11.1 Å². The average molecular weight is 448 g/mol. The number of fused-ring (bicyclic) bond motifs is 4. The molecule has 1 N–H and O–H groups in total. The number of carboxylic acids is 1. The number of amides is 1. The fourth-order valence-corrected chi connectivity index (χ4v) is 5.40. The number of hydrogen-bond donors (Lipinski definition) is 1. The van der Waals surface area contributed by atoms with Crippen LogP contribution in [-0.4, -0.2) is 35.2 Å². The number of carbonyl (C=O) groups excluding carboxylic acids is 1. The number of rotatable bonds is 3. The lowest BCUT2D eigenvalue weighted by Crippen LogP contribution is -2.40. The molecular formula is C26H22ClNO4. The van der Waals surface area contributed by atoms with E-state index in [0.29, 0.717) is 29.1 Å². The summed E-state index contributed by atoms with van der Waals surface area (Å²) >= 11 is 6.41. The molecule has 0 radical (unpaired) electrons. The van der Waals surface area contributed by atoms with E-state index in [9.17, 15) is 14.7 Å². The molecule has 1 aliphatic carbocycles. The van der Waals surface area contributed by atoms with Crippen molar-refractivity contribution < 1.29 is 19.4 Å². The van der Waals surface area contributed by atoms with Crippen molar-refractivity contribution in [3.63, 3.8) is 0 Å². The molecule has 0 saturated heterocycles. The Labute approximate surface area is 191 Å². The zero-order chi connectivity index (χ0) is 22.4. The maximum atomic E-state index is 13.1. The molecule has 0 aromatic heterocycles. The molecule has 1 heterocycles. The molecule has 5 nitrogen and oxygen atoms in total. The number of carbonyl (C=O) groups is 2. The van der Waals surface area contributed by atoms with Gasteiger partial charge in [-0.15, -0.1) is 0 Å². The van der Waals surface area contributed by atoms with Gasteiger partial charge in [0.05, 0.1) is 11.6 Å². The van der Waals surface area contributed by atoms with Crippen molar-refractivity contribution in [2.24, 2.45) is 0 Å². The third kappa shape index (κ3) is 3.24. The minimum Gasteiger partial charge on any atom is -0.478 e. The maximum Gasteiger partial charge on any atom is 0.410 e. The van der Waals surface area contributed by atoms with E-state index in [4.69, 9.17) is 16.3 Å². The van der Waals surface area contributed by atoms with Crippen LogP contribution in [0.15, 0.2) is 60.7 Å². The van der Waals surface area contributed by atoms with Gasteiger partial charge in [0, 0.05) is 17.5 Å². The van der Waals surface area contributed by atoms with E-state index in [-0.39, 0.29) is 24.1 Å². The third-order valence-corrected chi connectivity index (χ3v) is 6.92. The largest absolute Gasteiger partial charge is 0.478 e. The molecule has 0 fully saturated rings. The molecule has 32 heavy (non-hydrogen) atoms. The van der Waals surface area contributed by atoms with Crippen LogP contribution in [0.2, 0.25) is 5.02 Å². The van der Waals surface area contributed by atoms with Crippen molar-refractivity contribution in [3.05, 3.63) is 93.5 Å². The number of hydrogen-bond acceptors (Lipinski definition) is 3. The van der Waals surface area contributed by atoms with Crippen molar-refractivity contribution in [1.29, 1.82) is 0 Å². The van der Waals surface area contributed by atoms with Gasteiger partial charge in [0.25, 0.3) is 0 Å². The second kappa shape index (κ2) is 7.99. The van der Waals surface area contributed by atoms with Gasteiger partial charge in [0.15, 0.2) is 0 Å². The van der Waals surface area contributed by atoms with Crippen LogP contribution in [0, 0.1) is 0 Å². The molecule has 1 aliphatic heterocycles. The summed E-state index contributed by atoms with van der Waals surface area (Å²) in [5.41, 5.74) is 6.30. The molecule has 1 amide bonds. The van der Waals surface area contributed by atoms with Crippen molar-refractivity contribution in [2.45, 2.75) is 25.3 Å². The number of halogens is 1. The SMILES string of the molecule is CC1c2c(Cl)ccc(C(=O)O)c2CCN1C(=O)OCC1c2ccccc2-c2ccccc21. The lowest BCUT2D eigenvalue weighted by atomic mass is 9.90. The first-order chi connectivity index (χ1) is 15.5. The zero-order valence-corrected chi connectivity index (χ0v) is 18.3. The van der Waals surface area contributed by atoms with Gasteiger partial charge in [-0.2, -0.15) is 0 Å². The van der Waals surface area contributed by atoms with Gasteiger partial charge < -0.3 is 14.7 Å². The molecular weight excluding hydrogens is 426 g/mol. The highest BCUT2D eigenvalue weighted by Gasteiger charge is 2.34. The van der Waals surface area contributed by atoms with Crippen molar-refractivity contribution >= 4 is 23.7 Å². The second-order valence-electron chi connectivity index (χ2n) is 8.22. The summed E-state index contributed by atoms with van der Waals surface area (Å²) in [4.78, 5) is 26.3. The summed E-state index contributed by atoms with van der Waals surface area (Å²) in [5.74, 6) is -0.999. The van der Waals surface area contributed by atoms with Crippen molar-refractivity contribution in [2.75, 3.05) is 13.2 Å². The number of carboxylic acid groups (broad SMARTS) is 1. The quantitative estimate of drug-likeness (QED) is 0.542. The van der Waals surface area contributed by atoms with Crippen LogP contribution in [0.1, 0.15) is 51.5 Å². The van der Waals surface area contributed by atoms with Gasteiger partial charge in [-0.3, -0.25) is 0 Å². The molecule has 3 aromatic carbocycles. The van der Waals surface area contributed by atoms with Gasteiger partial charge in [-0.25, -0.2) is 9.59 Å². The summed E-state index contributed by atoms with van der Waals surface area (Å²) in [6.07, 6.45) is 0.00769. The Kier molecular flexibility index (Phi) is 5.14. The van der Waals surface area contributed by atoms with Crippen LogP contribution < -0.4 is 0 Å². The van der Waals surface area contributed by atoms with Crippen LogP contribution in [0.3, 0.4) is 0 Å². The van der Waals surface area contributed by atoms with Crippen LogP contribution in [0.25, 0.3) is 11.1 Å². The van der Waals surface area contributed by atoms with Gasteiger partial charge in [-0.1, -0.05) is 60.1 Å². The Morgan fingerprint density at radius 3 is 2.28 bits per heavy atom. The lowest BCUT2D eigenvalue weighted by Gasteiger charge is -2.35. The number of ether oxygens (including phenoxy) is 1. The average Bonchev–Trinajstić information content (AvgIpc) is 3.11. The smallest absolute Gasteiger partial charge is 0.410 e. The molecule has 0 spiro atoms. The fraction of sp³-hybridized carbons (Fsp3) is 0.231. The molecule has 0 saturated carbocycles. The maximum absolute atomic E-state index is 13.1. The highest BCUT2D eigenvalue weighted by Crippen LogP contribution is 2.45. The van der Waals surface area contributed by atoms with E-state index >= 15 is 0 Å². The van der Waals surface area contributed by atoms with E-state index in [2.05, 4.69) is 24.3 Å². The number of nitrogens with zero attached hydrogens (tertiary/aromatic N) is 1. The van der Waals surface area contributed by atoms with Crippen LogP contribution in [0.4, 0.5) is 4.79 Å². The highest BCUT2D eigenvalue weighted by atomic mass is 35.5. The first-order valence-corrected chi connectivity index (χ1v) is 11.0. The Morgan fingerprint density at radius 1 is 1.03 bits per heavy atom.